The number of fused-ring (bicyclic) bond motifs is 1. The van der Waals surface area contributed by atoms with Crippen molar-refractivity contribution >= 4 is 21.6 Å². The highest BCUT2D eigenvalue weighted by molar-refractivity contribution is 7.18. The van der Waals surface area contributed by atoms with Crippen molar-refractivity contribution in [3.63, 3.8) is 0 Å². The first-order valence-corrected chi connectivity index (χ1v) is 8.16. The zero-order valence-electron chi connectivity index (χ0n) is 12.0. The molecule has 0 saturated carbocycles. The molecule has 2 aromatic heterocycles. The van der Waals surface area contributed by atoms with Crippen molar-refractivity contribution in [2.75, 3.05) is 13.6 Å². The fourth-order valence-electron chi connectivity index (χ4n) is 3.04. The highest BCUT2D eigenvalue weighted by Gasteiger charge is 2.26. The summed E-state index contributed by atoms with van der Waals surface area (Å²) in [7, 11) is 2.19. The number of rotatable bonds is 2. The lowest BCUT2D eigenvalue weighted by molar-refractivity contribution is 0.317. The molecular formula is C17H17N3S. The van der Waals surface area contributed by atoms with E-state index < -0.39 is 0 Å². The largest absolute Gasteiger partial charge is 0.297 e. The summed E-state index contributed by atoms with van der Waals surface area (Å²) in [6.07, 6.45) is 4.37. The summed E-state index contributed by atoms with van der Waals surface area (Å²) < 4.78 is 1.24. The molecule has 21 heavy (non-hydrogen) atoms. The van der Waals surface area contributed by atoms with Gasteiger partial charge in [0.1, 0.15) is 10.5 Å². The molecule has 106 valence electrons. The molecule has 0 radical (unpaired) electrons. The van der Waals surface area contributed by atoms with Gasteiger partial charge < -0.3 is 0 Å². The van der Waals surface area contributed by atoms with E-state index in [9.17, 15) is 0 Å². The van der Waals surface area contributed by atoms with Crippen molar-refractivity contribution in [2.45, 2.75) is 18.9 Å². The lowest BCUT2D eigenvalue weighted by Gasteiger charge is -2.16. The summed E-state index contributed by atoms with van der Waals surface area (Å²) in [6.45, 7) is 1.17. The Hall–Kier alpha value is -1.78. The quantitative estimate of drug-likeness (QED) is 0.712. The molecule has 4 heteroatoms. The number of benzene rings is 1. The van der Waals surface area contributed by atoms with Gasteiger partial charge in [0.15, 0.2) is 0 Å². The van der Waals surface area contributed by atoms with Crippen molar-refractivity contribution in [1.82, 2.24) is 14.9 Å². The lowest BCUT2D eigenvalue weighted by Crippen LogP contribution is -2.17. The number of hydrogen-bond acceptors (Lipinski definition) is 4. The molecule has 3 heterocycles. The van der Waals surface area contributed by atoms with Crippen molar-refractivity contribution in [3.05, 3.63) is 47.6 Å². The number of nitrogens with zero attached hydrogens (tertiary/aromatic N) is 3. The Bertz CT molecular complexity index is 766. The molecule has 0 unspecified atom stereocenters. The maximum atomic E-state index is 4.94. The van der Waals surface area contributed by atoms with Gasteiger partial charge in [-0.3, -0.25) is 9.88 Å². The Labute approximate surface area is 128 Å². The van der Waals surface area contributed by atoms with E-state index in [1.54, 1.807) is 0 Å². The molecule has 3 aromatic rings. The second-order valence-electron chi connectivity index (χ2n) is 5.56. The summed E-state index contributed by atoms with van der Waals surface area (Å²) in [4.78, 5) is 11.9. The van der Waals surface area contributed by atoms with E-state index in [0.29, 0.717) is 6.04 Å². The topological polar surface area (TPSA) is 29.0 Å². The third-order valence-corrected chi connectivity index (χ3v) is 5.30. The van der Waals surface area contributed by atoms with Gasteiger partial charge in [-0.2, -0.15) is 0 Å². The molecule has 0 N–H and O–H groups in total. The van der Waals surface area contributed by atoms with Gasteiger partial charge >= 0.3 is 0 Å². The maximum absolute atomic E-state index is 4.94. The Morgan fingerprint density at radius 1 is 1.19 bits per heavy atom. The van der Waals surface area contributed by atoms with Gasteiger partial charge in [0, 0.05) is 11.8 Å². The number of thiazole rings is 1. The Morgan fingerprint density at radius 2 is 2.05 bits per heavy atom. The second kappa shape index (κ2) is 5.20. The molecule has 1 aliphatic rings. The third kappa shape index (κ3) is 2.24. The van der Waals surface area contributed by atoms with Gasteiger partial charge in [-0.15, -0.1) is 11.3 Å². The predicted molar refractivity (Wildman–Crippen MR) is 87.5 cm³/mol. The number of aromatic nitrogens is 2. The van der Waals surface area contributed by atoms with Crippen LogP contribution >= 0.6 is 11.3 Å². The van der Waals surface area contributed by atoms with E-state index in [2.05, 4.69) is 35.1 Å². The molecule has 1 atom stereocenters. The van der Waals surface area contributed by atoms with E-state index in [-0.39, 0.29) is 0 Å². The summed E-state index contributed by atoms with van der Waals surface area (Å²) in [5.41, 5.74) is 3.18. The molecule has 0 spiro atoms. The maximum Gasteiger partial charge on any atom is 0.111 e. The molecule has 1 aliphatic heterocycles. The molecular weight excluding hydrogens is 278 g/mol. The van der Waals surface area contributed by atoms with Gasteiger partial charge in [0.05, 0.1) is 16.4 Å². The third-order valence-electron chi connectivity index (χ3n) is 4.18. The van der Waals surface area contributed by atoms with Crippen LogP contribution in [0.25, 0.3) is 21.5 Å². The van der Waals surface area contributed by atoms with Crippen LogP contribution in [0.1, 0.15) is 23.9 Å². The second-order valence-corrected chi connectivity index (χ2v) is 6.63. The van der Waals surface area contributed by atoms with Crippen LogP contribution in [-0.2, 0) is 0 Å². The van der Waals surface area contributed by atoms with Crippen LogP contribution in [-0.4, -0.2) is 28.5 Å². The molecule has 4 rings (SSSR count). The van der Waals surface area contributed by atoms with Crippen LogP contribution in [0.2, 0.25) is 0 Å². The van der Waals surface area contributed by atoms with Crippen LogP contribution < -0.4 is 0 Å². The van der Waals surface area contributed by atoms with Gasteiger partial charge in [0.2, 0.25) is 0 Å². The predicted octanol–water partition coefficient (Wildman–Crippen LogP) is 4.13. The van der Waals surface area contributed by atoms with Crippen molar-refractivity contribution in [2.24, 2.45) is 0 Å². The monoisotopic (exact) mass is 295 g/mol. The van der Waals surface area contributed by atoms with Crippen molar-refractivity contribution in [3.8, 4) is 11.3 Å². The van der Waals surface area contributed by atoms with Crippen LogP contribution in [0.15, 0.2) is 42.6 Å². The van der Waals surface area contributed by atoms with Gasteiger partial charge in [-0.1, -0.05) is 30.3 Å². The number of hydrogen-bond donors (Lipinski definition) is 0. The first-order chi connectivity index (χ1) is 10.3. The SMILES string of the molecule is CN1CCC[C@H]1c1nc2c(-c3ccccc3)nccc2s1. The minimum atomic E-state index is 0.478. The zero-order valence-corrected chi connectivity index (χ0v) is 12.8. The van der Waals surface area contributed by atoms with Crippen LogP contribution in [0.3, 0.4) is 0 Å². The Balaban J connectivity index is 1.85. The highest BCUT2D eigenvalue weighted by Crippen LogP contribution is 2.37. The highest BCUT2D eigenvalue weighted by atomic mass is 32.1. The van der Waals surface area contributed by atoms with Gasteiger partial charge in [-0.05, 0) is 32.5 Å². The molecule has 0 bridgehead atoms. The average Bonchev–Trinajstić information content (AvgIpc) is 3.13. The van der Waals surface area contributed by atoms with E-state index in [1.165, 1.54) is 29.1 Å². The van der Waals surface area contributed by atoms with Crippen LogP contribution in [0.5, 0.6) is 0 Å². The van der Waals surface area contributed by atoms with Crippen LogP contribution in [0, 0.1) is 0 Å². The van der Waals surface area contributed by atoms with Gasteiger partial charge in [0.25, 0.3) is 0 Å². The fraction of sp³-hybridized carbons (Fsp3) is 0.294. The Kier molecular flexibility index (Phi) is 3.20. The van der Waals surface area contributed by atoms with Crippen molar-refractivity contribution < 1.29 is 0 Å². The average molecular weight is 295 g/mol. The molecule has 0 aliphatic carbocycles. The van der Waals surface area contributed by atoms with Crippen molar-refractivity contribution in [1.29, 1.82) is 0 Å². The molecule has 1 aromatic carbocycles. The first-order valence-electron chi connectivity index (χ1n) is 7.34. The minimum Gasteiger partial charge on any atom is -0.297 e. The normalized spacial score (nSPS) is 19.4. The standard InChI is InChI=1S/C17H17N3S/c1-20-11-5-8-13(20)17-19-16-14(21-17)9-10-18-15(16)12-6-3-2-4-7-12/h2-4,6-7,9-10,13H,5,8,11H2,1H3/t13-/m0/s1. The molecule has 1 saturated heterocycles. The Morgan fingerprint density at radius 3 is 2.81 bits per heavy atom. The van der Waals surface area contributed by atoms with E-state index in [4.69, 9.17) is 4.98 Å². The molecule has 3 nitrogen and oxygen atoms in total. The molecule has 0 amide bonds. The molecule has 1 fully saturated rings. The lowest BCUT2D eigenvalue weighted by atomic mass is 10.1. The summed E-state index contributed by atoms with van der Waals surface area (Å²) in [6, 6.07) is 12.9. The number of pyridine rings is 1. The van der Waals surface area contributed by atoms with E-state index in [1.807, 2.05) is 35.7 Å². The smallest absolute Gasteiger partial charge is 0.111 e. The summed E-state index contributed by atoms with van der Waals surface area (Å²) in [5.74, 6) is 0. The van der Waals surface area contributed by atoms with E-state index in [0.717, 1.165) is 16.8 Å². The number of likely N-dealkylation sites (tertiary alicyclic amines) is 1. The van der Waals surface area contributed by atoms with Gasteiger partial charge in [-0.25, -0.2) is 4.98 Å². The van der Waals surface area contributed by atoms with E-state index >= 15 is 0 Å². The zero-order chi connectivity index (χ0) is 14.2. The first kappa shape index (κ1) is 12.9. The minimum absolute atomic E-state index is 0.478. The fourth-order valence-corrected chi connectivity index (χ4v) is 4.21. The van der Waals surface area contributed by atoms with Crippen LogP contribution in [0.4, 0.5) is 0 Å². The summed E-state index contributed by atoms with van der Waals surface area (Å²) >= 11 is 1.81. The summed E-state index contributed by atoms with van der Waals surface area (Å²) in [5, 5.41) is 1.23.